The Labute approximate surface area is 393 Å². The van der Waals surface area contributed by atoms with E-state index in [0.29, 0.717) is 71.9 Å². The monoisotopic (exact) mass is 971 g/mol. The van der Waals surface area contributed by atoms with Gasteiger partial charge in [-0.2, -0.15) is 13.2 Å². The number of ether oxygens (including phenoxy) is 4. The number of hydrogen-bond donors (Lipinski definition) is 3. The summed E-state index contributed by atoms with van der Waals surface area (Å²) in [5.74, 6) is -3.27. The first kappa shape index (κ1) is 50.1. The second-order valence-electron chi connectivity index (χ2n) is 19.2. The predicted octanol–water partition coefficient (Wildman–Crippen LogP) is 7.24. The minimum absolute atomic E-state index is 0.0254. The lowest BCUT2D eigenvalue weighted by molar-refractivity contribution is -0.184. The molecule has 2 aliphatic heterocycles. The number of nitrogens with zero attached hydrogens (tertiary/aromatic N) is 3. The summed E-state index contributed by atoms with van der Waals surface area (Å²) in [5, 5.41) is 14.2. The zero-order valence-electron chi connectivity index (χ0n) is 39.4. The van der Waals surface area contributed by atoms with Crippen LogP contribution < -0.4 is 29.0 Å². The van der Waals surface area contributed by atoms with Gasteiger partial charge in [0.2, 0.25) is 27.7 Å². The molecule has 370 valence electrons. The molecule has 4 aliphatic rings. The van der Waals surface area contributed by atoms with Crippen molar-refractivity contribution in [1.29, 1.82) is 0 Å². The van der Waals surface area contributed by atoms with E-state index in [1.807, 2.05) is 20.8 Å². The minimum atomic E-state index is -5.07. The van der Waals surface area contributed by atoms with Gasteiger partial charge < -0.3 is 34.3 Å². The molecule has 0 unspecified atom stereocenters. The van der Waals surface area contributed by atoms with E-state index in [1.54, 1.807) is 54.6 Å². The second-order valence-corrected chi connectivity index (χ2v) is 21.4. The number of sulfonamides is 1. The molecule has 3 aromatic rings. The maximum atomic E-state index is 15.2. The minimum Gasteiger partial charge on any atom is -0.497 e. The summed E-state index contributed by atoms with van der Waals surface area (Å²) < 4.78 is 95.4. The predicted molar refractivity (Wildman–Crippen MR) is 245 cm³/mol. The van der Waals surface area contributed by atoms with E-state index in [-0.39, 0.29) is 42.1 Å². The third-order valence-electron chi connectivity index (χ3n) is 13.7. The number of pyridine rings is 1. The van der Waals surface area contributed by atoms with Crippen molar-refractivity contribution in [2.75, 3.05) is 20.8 Å². The number of nitrogens with one attached hydrogen (secondary N) is 2. The van der Waals surface area contributed by atoms with Crippen molar-refractivity contribution in [3.05, 3.63) is 54.6 Å². The van der Waals surface area contributed by atoms with Crippen molar-refractivity contribution in [3.63, 3.8) is 0 Å². The van der Waals surface area contributed by atoms with Crippen molar-refractivity contribution in [2.24, 2.45) is 17.8 Å². The fourth-order valence-electron chi connectivity index (χ4n) is 9.43. The lowest BCUT2D eigenvalue weighted by Crippen LogP contribution is -2.62. The van der Waals surface area contributed by atoms with Crippen LogP contribution in [0.15, 0.2) is 54.6 Å². The highest BCUT2D eigenvalue weighted by Crippen LogP contribution is 2.48. The largest absolute Gasteiger partial charge is 0.497 e. The van der Waals surface area contributed by atoms with Gasteiger partial charge >= 0.3 is 12.3 Å². The summed E-state index contributed by atoms with van der Waals surface area (Å²) in [6.45, 7) is 8.92. The first-order chi connectivity index (χ1) is 31.9. The SMILES string of the molecule is COc1ccc2c(O[C@@H]3C[C@H]4C(=O)N[C@]5(C(=O)NS(=O)(=O)C6(C)CC6)C[C@H]5C=CCC[C@@H](C)C[C@@H](C)[C@H](N(C(=O)O)[C@H](C)C(F)(F)F)C(=O)N4C3)nc(-c3ccc(OC(C)C)cc3)c(OC)c2c1. The number of methoxy groups -OCH3 is 2. The van der Waals surface area contributed by atoms with E-state index in [2.05, 4.69) is 10.0 Å². The number of carbonyl (C=O) groups is 4. The molecule has 16 nitrogen and oxygen atoms in total. The van der Waals surface area contributed by atoms with Gasteiger partial charge in [0.15, 0.2) is 5.75 Å². The van der Waals surface area contributed by atoms with Crippen LogP contribution in [0, 0.1) is 17.8 Å². The Balaban J connectivity index is 1.33. The van der Waals surface area contributed by atoms with Gasteiger partial charge in [-0.3, -0.25) is 24.0 Å². The van der Waals surface area contributed by atoms with Gasteiger partial charge in [-0.1, -0.05) is 26.0 Å². The maximum Gasteiger partial charge on any atom is 0.408 e. The molecule has 0 bridgehead atoms. The molecule has 0 radical (unpaired) electrons. The Hall–Kier alpha value is -5.79. The topological polar surface area (TPSA) is 203 Å². The summed E-state index contributed by atoms with van der Waals surface area (Å²) in [6, 6.07) is 6.13. The molecular weight excluding hydrogens is 912 g/mol. The number of benzene rings is 2. The summed E-state index contributed by atoms with van der Waals surface area (Å²) >= 11 is 0. The number of fused-ring (bicyclic) bond motifs is 3. The zero-order valence-corrected chi connectivity index (χ0v) is 40.2. The number of rotatable bonds is 12. The number of alkyl halides is 3. The van der Waals surface area contributed by atoms with Crippen molar-refractivity contribution in [3.8, 4) is 34.4 Å². The molecular formula is C48H60F3N5O11S. The molecule has 2 aliphatic carbocycles. The highest BCUT2D eigenvalue weighted by Gasteiger charge is 2.63. The number of halogens is 3. The van der Waals surface area contributed by atoms with E-state index in [1.165, 1.54) is 28.1 Å². The fraction of sp³-hybridized carbons (Fsp3) is 0.562. The number of hydrogen-bond acceptors (Lipinski definition) is 11. The lowest BCUT2D eigenvalue weighted by Gasteiger charge is -2.40. The number of carboxylic acid groups (broad SMARTS) is 1. The van der Waals surface area contributed by atoms with E-state index >= 15 is 4.79 Å². The van der Waals surface area contributed by atoms with Crippen LogP contribution in [0.3, 0.4) is 0 Å². The van der Waals surface area contributed by atoms with Crippen LogP contribution in [0.2, 0.25) is 0 Å². The van der Waals surface area contributed by atoms with Crippen molar-refractivity contribution in [2.45, 2.75) is 133 Å². The Morgan fingerprint density at radius 3 is 2.28 bits per heavy atom. The lowest BCUT2D eigenvalue weighted by atomic mass is 9.86. The number of aromatic nitrogens is 1. The van der Waals surface area contributed by atoms with Crippen LogP contribution in [0.4, 0.5) is 18.0 Å². The Morgan fingerprint density at radius 1 is 1.00 bits per heavy atom. The van der Waals surface area contributed by atoms with Gasteiger partial charge in [-0.15, -0.1) is 0 Å². The van der Waals surface area contributed by atoms with E-state index in [4.69, 9.17) is 23.9 Å². The second kappa shape index (κ2) is 19.0. The summed E-state index contributed by atoms with van der Waals surface area (Å²) in [5.41, 5.74) is -0.805. The van der Waals surface area contributed by atoms with Gasteiger partial charge in [0, 0.05) is 28.7 Å². The number of carbonyl (C=O) groups excluding carboxylic acids is 3. The van der Waals surface area contributed by atoms with Gasteiger partial charge in [0.05, 0.1) is 31.6 Å². The van der Waals surface area contributed by atoms with E-state index < -0.39 is 92.9 Å². The molecule has 0 spiro atoms. The molecule has 2 aromatic carbocycles. The molecule has 7 rings (SSSR count). The molecule has 4 amide bonds. The Morgan fingerprint density at radius 2 is 1.68 bits per heavy atom. The van der Waals surface area contributed by atoms with Crippen LogP contribution in [0.5, 0.6) is 23.1 Å². The number of allylic oxidation sites excluding steroid dienone is 1. The smallest absolute Gasteiger partial charge is 0.408 e. The standard InChI is InChI=1S/C48H60F3N5O11S/c1-26(2)66-32-15-13-30(14-16-32)38-40(65-8)36-22-33(64-7)17-18-35(36)42(52-38)67-34-23-37-41(57)53-47(44(59)54-68(62,63)46(6)19-20-46)24-31(47)12-10-9-11-27(3)21-28(4)39(43(58)55(37)25-34)56(45(60)61)29(5)48(49,50)51/h10,12-18,22,26-29,31,34,37,39H,9,11,19-21,23-25H2,1-8H3,(H,53,57)(H,54,59)(H,60,61)/t27-,28-,29-,31-,34-,37+,39+,47-/m1/s1. The molecule has 8 atom stereocenters. The van der Waals surface area contributed by atoms with Crippen LogP contribution >= 0.6 is 0 Å². The molecule has 3 heterocycles. The quantitative estimate of drug-likeness (QED) is 0.154. The number of amides is 4. The first-order valence-corrected chi connectivity index (χ1v) is 24.3. The van der Waals surface area contributed by atoms with Crippen molar-refractivity contribution in [1.82, 2.24) is 24.8 Å². The molecule has 3 fully saturated rings. The van der Waals surface area contributed by atoms with Crippen LogP contribution in [-0.4, -0.2) is 120 Å². The molecule has 1 saturated heterocycles. The van der Waals surface area contributed by atoms with Crippen molar-refractivity contribution < 1.29 is 64.8 Å². The summed E-state index contributed by atoms with van der Waals surface area (Å²) in [4.78, 5) is 63.2. The van der Waals surface area contributed by atoms with Crippen molar-refractivity contribution >= 4 is 44.6 Å². The first-order valence-electron chi connectivity index (χ1n) is 22.9. The fourth-order valence-corrected chi connectivity index (χ4v) is 10.7. The third kappa shape index (κ3) is 10.0. The van der Waals surface area contributed by atoms with E-state index in [0.717, 1.165) is 4.90 Å². The average molecular weight is 972 g/mol. The average Bonchev–Trinajstić information content (AvgIpc) is 4.15. The molecule has 68 heavy (non-hydrogen) atoms. The van der Waals surface area contributed by atoms with Gasteiger partial charge in [-0.25, -0.2) is 18.2 Å². The van der Waals surface area contributed by atoms with Crippen LogP contribution in [0.1, 0.15) is 86.5 Å². The zero-order chi connectivity index (χ0) is 49.7. The van der Waals surface area contributed by atoms with Gasteiger partial charge in [-0.05, 0) is 121 Å². The Kier molecular flexibility index (Phi) is 14.0. The molecule has 3 N–H and O–H groups in total. The third-order valence-corrected chi connectivity index (χ3v) is 15.9. The normalized spacial score (nSPS) is 26.6. The van der Waals surface area contributed by atoms with E-state index in [9.17, 15) is 41.1 Å². The van der Waals surface area contributed by atoms with Gasteiger partial charge in [0.25, 0.3) is 5.91 Å². The highest BCUT2D eigenvalue weighted by atomic mass is 32.2. The maximum absolute atomic E-state index is 15.2. The molecule has 1 aromatic heterocycles. The highest BCUT2D eigenvalue weighted by molar-refractivity contribution is 7.91. The van der Waals surface area contributed by atoms with Gasteiger partial charge in [0.1, 0.15) is 47.0 Å². The van der Waals surface area contributed by atoms with Crippen LogP contribution in [-0.2, 0) is 24.4 Å². The summed E-state index contributed by atoms with van der Waals surface area (Å²) in [7, 11) is -1.18. The Bertz CT molecular complexity index is 2570. The molecule has 20 heteroatoms. The van der Waals surface area contributed by atoms with Crippen LogP contribution in [0.25, 0.3) is 22.0 Å². The molecule has 2 saturated carbocycles. The summed E-state index contributed by atoms with van der Waals surface area (Å²) in [6.07, 6.45) is -3.19.